The van der Waals surface area contributed by atoms with Gasteiger partial charge in [-0.2, -0.15) is 0 Å². The van der Waals surface area contributed by atoms with E-state index in [9.17, 15) is 14.4 Å². The second-order valence-corrected chi connectivity index (χ2v) is 7.21. The van der Waals surface area contributed by atoms with Crippen LogP contribution in [-0.2, 0) is 19.2 Å². The molecule has 1 aliphatic heterocycles. The summed E-state index contributed by atoms with van der Waals surface area (Å²) in [6, 6.07) is -0.692. The molecular formula is C13H17N5O5S2. The molecule has 1 aromatic heterocycles. The lowest BCUT2D eigenvalue weighted by Gasteiger charge is -2.44. The predicted octanol–water partition coefficient (Wildman–Crippen LogP) is -0.433. The third kappa shape index (κ3) is 4.39. The first-order valence-corrected chi connectivity index (χ1v) is 9.10. The van der Waals surface area contributed by atoms with Gasteiger partial charge in [-0.1, -0.05) is 12.1 Å². The number of oxime groups is 1. The van der Waals surface area contributed by atoms with E-state index in [1.165, 1.54) is 22.0 Å². The second kappa shape index (κ2) is 8.16. The van der Waals surface area contributed by atoms with Gasteiger partial charge < -0.3 is 25.9 Å². The number of amides is 2. The van der Waals surface area contributed by atoms with Gasteiger partial charge in [-0.05, 0) is 5.75 Å². The van der Waals surface area contributed by atoms with Crippen LogP contribution in [-0.4, -0.2) is 69.3 Å². The van der Waals surface area contributed by atoms with E-state index in [0.717, 1.165) is 17.1 Å². The summed E-state index contributed by atoms with van der Waals surface area (Å²) in [6.45, 7) is 1.24. The number of thiazole rings is 1. The topological polar surface area (TPSA) is 147 Å². The van der Waals surface area contributed by atoms with E-state index in [4.69, 9.17) is 10.8 Å². The highest BCUT2D eigenvalue weighted by molar-refractivity contribution is 8.00. The minimum absolute atomic E-state index is 0.144. The average Bonchev–Trinajstić information content (AvgIpc) is 3.00. The van der Waals surface area contributed by atoms with Crippen molar-refractivity contribution in [1.29, 1.82) is 0 Å². The van der Waals surface area contributed by atoms with Crippen molar-refractivity contribution < 1.29 is 24.3 Å². The molecule has 0 spiro atoms. The fourth-order valence-electron chi connectivity index (χ4n) is 2.08. The number of thioether (sulfide) groups is 1. The number of carbonyl (C=O) groups is 3. The first-order valence-electron chi connectivity index (χ1n) is 7.17. The van der Waals surface area contributed by atoms with Gasteiger partial charge in [-0.3, -0.25) is 9.59 Å². The number of nitrogen functional groups attached to an aromatic ring is 1. The van der Waals surface area contributed by atoms with Crippen LogP contribution in [0.15, 0.2) is 10.5 Å². The molecule has 2 atom stereocenters. The molecular weight excluding hydrogens is 370 g/mol. The van der Waals surface area contributed by atoms with Gasteiger partial charge in [0.05, 0.1) is 0 Å². The largest absolute Gasteiger partial charge is 0.479 e. The van der Waals surface area contributed by atoms with Crippen molar-refractivity contribution in [2.75, 3.05) is 25.1 Å². The molecule has 0 aliphatic carbocycles. The Hall–Kier alpha value is -2.34. The molecule has 0 saturated carbocycles. The molecule has 2 amide bonds. The summed E-state index contributed by atoms with van der Waals surface area (Å²) in [7, 11) is 1.66. The Morgan fingerprint density at radius 1 is 1.60 bits per heavy atom. The number of nitrogens with one attached hydrogen (secondary N) is 1. The number of likely N-dealkylation sites (tertiary alicyclic amines) is 1. The summed E-state index contributed by atoms with van der Waals surface area (Å²) in [5, 5.41) is 16.3. The van der Waals surface area contributed by atoms with E-state index >= 15 is 0 Å². The summed E-state index contributed by atoms with van der Waals surface area (Å²) in [5.41, 5.74) is 5.46. The van der Waals surface area contributed by atoms with Gasteiger partial charge in [0.25, 0.3) is 5.91 Å². The summed E-state index contributed by atoms with van der Waals surface area (Å²) in [6.07, 6.45) is 0. The predicted molar refractivity (Wildman–Crippen MR) is 93.3 cm³/mol. The number of hydrogen-bond donors (Lipinski definition) is 3. The molecule has 2 rings (SSSR count). The summed E-state index contributed by atoms with van der Waals surface area (Å²) in [5.74, 6) is -1.37. The van der Waals surface area contributed by atoms with Crippen LogP contribution < -0.4 is 11.1 Å². The number of carbonyl (C=O) groups excluding carboxylic acids is 2. The zero-order valence-corrected chi connectivity index (χ0v) is 15.1. The smallest absolute Gasteiger partial charge is 0.344 e. The van der Waals surface area contributed by atoms with Crippen LogP contribution >= 0.6 is 23.1 Å². The van der Waals surface area contributed by atoms with E-state index in [2.05, 4.69) is 20.3 Å². The Kier molecular flexibility index (Phi) is 6.20. The van der Waals surface area contributed by atoms with Gasteiger partial charge in [-0.15, -0.1) is 23.1 Å². The SMILES string of the molecule is CCSC1C(NC(=O)/C(=N\OCC(=O)O)c2csc(N)n2)C(=O)N1C. The number of likely N-dealkylation sites (N-methyl/N-ethyl adjacent to an activating group) is 1. The fraction of sp³-hybridized carbons (Fsp3) is 0.462. The van der Waals surface area contributed by atoms with E-state index in [1.54, 1.807) is 7.05 Å². The number of β-lactam (4-membered cyclic amide) rings is 1. The monoisotopic (exact) mass is 387 g/mol. The summed E-state index contributed by atoms with van der Waals surface area (Å²) < 4.78 is 0. The molecule has 0 radical (unpaired) electrons. The molecule has 12 heteroatoms. The third-order valence-corrected chi connectivity index (χ3v) is 5.17. The molecule has 2 heterocycles. The third-order valence-electron chi connectivity index (χ3n) is 3.23. The maximum atomic E-state index is 12.5. The lowest BCUT2D eigenvalue weighted by atomic mass is 10.1. The van der Waals surface area contributed by atoms with Crippen LogP contribution in [0.2, 0.25) is 0 Å². The number of nitrogens with zero attached hydrogens (tertiary/aromatic N) is 3. The first kappa shape index (κ1) is 19.0. The Morgan fingerprint density at radius 3 is 2.88 bits per heavy atom. The zero-order valence-electron chi connectivity index (χ0n) is 13.5. The molecule has 0 aromatic carbocycles. The van der Waals surface area contributed by atoms with Crippen LogP contribution in [0, 0.1) is 0 Å². The quantitative estimate of drug-likeness (QED) is 0.309. The minimum atomic E-state index is -1.24. The molecule has 1 fully saturated rings. The van der Waals surface area contributed by atoms with E-state index in [-0.39, 0.29) is 27.8 Å². The van der Waals surface area contributed by atoms with Crippen LogP contribution in [0.4, 0.5) is 5.13 Å². The van der Waals surface area contributed by atoms with Crippen molar-refractivity contribution in [2.24, 2.45) is 5.16 Å². The van der Waals surface area contributed by atoms with E-state index < -0.39 is 24.5 Å². The highest BCUT2D eigenvalue weighted by atomic mass is 32.2. The molecule has 25 heavy (non-hydrogen) atoms. The van der Waals surface area contributed by atoms with Crippen LogP contribution in [0.5, 0.6) is 0 Å². The molecule has 10 nitrogen and oxygen atoms in total. The van der Waals surface area contributed by atoms with Crippen molar-refractivity contribution in [3.8, 4) is 0 Å². The minimum Gasteiger partial charge on any atom is -0.479 e. The molecule has 136 valence electrons. The zero-order chi connectivity index (χ0) is 18.6. The summed E-state index contributed by atoms with van der Waals surface area (Å²) in [4.78, 5) is 45.1. The summed E-state index contributed by atoms with van der Waals surface area (Å²) >= 11 is 2.61. The van der Waals surface area contributed by atoms with Gasteiger partial charge in [0.2, 0.25) is 12.5 Å². The molecule has 4 N–H and O–H groups in total. The van der Waals surface area contributed by atoms with Crippen molar-refractivity contribution >= 4 is 51.7 Å². The Morgan fingerprint density at radius 2 is 2.32 bits per heavy atom. The number of hydrogen-bond acceptors (Lipinski definition) is 9. The fourth-order valence-corrected chi connectivity index (χ4v) is 3.68. The highest BCUT2D eigenvalue weighted by Crippen LogP contribution is 2.28. The van der Waals surface area contributed by atoms with Gasteiger partial charge in [0.15, 0.2) is 10.8 Å². The number of nitrogens with two attached hydrogens (primary N) is 1. The van der Waals surface area contributed by atoms with Crippen LogP contribution in [0.1, 0.15) is 12.6 Å². The maximum absolute atomic E-state index is 12.5. The van der Waals surface area contributed by atoms with Crippen molar-refractivity contribution in [3.63, 3.8) is 0 Å². The number of anilines is 1. The normalized spacial score (nSPS) is 20.2. The molecule has 0 bridgehead atoms. The average molecular weight is 387 g/mol. The number of carboxylic acid groups (broad SMARTS) is 1. The standard InChI is InChI=1S/C13H17N5O5S2/c1-3-24-12-9(11(22)18(12)2)16-10(21)8(17-23-4-7(19)20)6-5-25-13(14)15-6/h5,9,12H,3-4H2,1-2H3,(H2,14,15)(H,16,21)(H,19,20)/b17-8-. The Labute approximate surface area is 151 Å². The molecule has 1 saturated heterocycles. The number of carboxylic acids is 1. The first-order chi connectivity index (χ1) is 11.8. The van der Waals surface area contributed by atoms with Gasteiger partial charge in [0.1, 0.15) is 17.1 Å². The molecule has 1 aliphatic rings. The van der Waals surface area contributed by atoms with Crippen LogP contribution in [0.25, 0.3) is 0 Å². The lowest BCUT2D eigenvalue weighted by molar-refractivity contribution is -0.145. The highest BCUT2D eigenvalue weighted by Gasteiger charge is 2.46. The maximum Gasteiger partial charge on any atom is 0.344 e. The molecule has 2 unspecified atom stereocenters. The van der Waals surface area contributed by atoms with Crippen molar-refractivity contribution in [2.45, 2.75) is 18.3 Å². The van der Waals surface area contributed by atoms with Crippen molar-refractivity contribution in [1.82, 2.24) is 15.2 Å². The number of rotatable bonds is 8. The van der Waals surface area contributed by atoms with Gasteiger partial charge in [0, 0.05) is 12.4 Å². The lowest BCUT2D eigenvalue weighted by Crippen LogP contribution is -2.68. The van der Waals surface area contributed by atoms with E-state index in [0.29, 0.717) is 0 Å². The Bertz CT molecular complexity index is 707. The van der Waals surface area contributed by atoms with Gasteiger partial charge >= 0.3 is 5.97 Å². The van der Waals surface area contributed by atoms with E-state index in [1.807, 2.05) is 6.92 Å². The van der Waals surface area contributed by atoms with Crippen LogP contribution in [0.3, 0.4) is 0 Å². The molecule has 1 aromatic rings. The van der Waals surface area contributed by atoms with Gasteiger partial charge in [-0.25, -0.2) is 9.78 Å². The van der Waals surface area contributed by atoms with Crippen molar-refractivity contribution in [3.05, 3.63) is 11.1 Å². The Balaban J connectivity index is 2.15. The number of aliphatic carboxylic acids is 1. The number of aromatic nitrogens is 1. The second-order valence-electron chi connectivity index (χ2n) is 4.92.